The Bertz CT molecular complexity index is 453. The molecule has 8 heteroatoms. The lowest BCUT2D eigenvalue weighted by atomic mass is 10.3. The summed E-state index contributed by atoms with van der Waals surface area (Å²) >= 11 is 0. The van der Waals surface area contributed by atoms with E-state index in [1.807, 2.05) is 58.9 Å². The van der Waals surface area contributed by atoms with Gasteiger partial charge in [-0.25, -0.2) is 4.79 Å². The van der Waals surface area contributed by atoms with Crippen LogP contribution in [0.5, 0.6) is 0 Å². The molecule has 0 aliphatic heterocycles. The number of hydrogen-bond donors (Lipinski definition) is 0. The zero-order chi connectivity index (χ0) is 18.5. The number of allylic oxidation sites excluding steroid dienone is 1. The van der Waals surface area contributed by atoms with Crippen molar-refractivity contribution < 1.29 is 22.9 Å². The molecule has 134 valence electrons. The third-order valence-corrected chi connectivity index (χ3v) is 4.58. The van der Waals surface area contributed by atoms with E-state index in [1.54, 1.807) is 6.08 Å². The fourth-order valence-electron chi connectivity index (χ4n) is 1.54. The molecule has 0 aromatic rings. The van der Waals surface area contributed by atoms with Crippen LogP contribution >= 0.6 is 0 Å². The minimum atomic E-state index is -1.99. The minimum Gasteiger partial charge on any atom is -0.540 e. The molecule has 0 spiro atoms. The van der Waals surface area contributed by atoms with Gasteiger partial charge in [-0.05, 0) is 71.4 Å². The largest absolute Gasteiger partial charge is 0.540 e. The minimum absolute atomic E-state index is 0.229. The van der Waals surface area contributed by atoms with Crippen LogP contribution in [0, 0.1) is 0 Å². The molecule has 0 radical (unpaired) electrons. The predicted octanol–water partition coefficient (Wildman–Crippen LogP) is 4.26. The van der Waals surface area contributed by atoms with E-state index in [2.05, 4.69) is 0 Å². The van der Waals surface area contributed by atoms with Crippen LogP contribution in [0.4, 0.5) is 0 Å². The predicted molar refractivity (Wildman–Crippen MR) is 101 cm³/mol. The molecule has 0 N–H and O–H groups in total. The highest BCUT2D eigenvalue weighted by molar-refractivity contribution is 6.72. The van der Waals surface area contributed by atoms with Crippen molar-refractivity contribution in [2.45, 2.75) is 71.8 Å². The highest BCUT2D eigenvalue weighted by atomic mass is 28.4. The van der Waals surface area contributed by atoms with Crippen molar-refractivity contribution in [3.05, 3.63) is 11.8 Å². The Balaban J connectivity index is 4.87. The Kier molecular flexibility index (Phi) is 7.98. The van der Waals surface area contributed by atoms with Crippen molar-refractivity contribution in [3.63, 3.8) is 0 Å². The normalized spacial score (nSPS) is 13.5. The fraction of sp³-hybridized carbons (Fsp3) is 0.733. The maximum absolute atomic E-state index is 12.3. The summed E-state index contributed by atoms with van der Waals surface area (Å²) in [6.07, 6.45) is 2.30. The van der Waals surface area contributed by atoms with Gasteiger partial charge in [0.1, 0.15) is 0 Å². The van der Waals surface area contributed by atoms with Crippen LogP contribution < -0.4 is 0 Å². The zero-order valence-electron chi connectivity index (χ0n) is 16.0. The summed E-state index contributed by atoms with van der Waals surface area (Å²) < 4.78 is 16.7. The molecule has 23 heavy (non-hydrogen) atoms. The number of hydrogen-bond acceptors (Lipinski definition) is 5. The van der Waals surface area contributed by atoms with E-state index in [4.69, 9.17) is 13.3 Å². The first kappa shape index (κ1) is 22.1. The average molecular weight is 377 g/mol. The molecular formula is C15H32O5Si3. The molecule has 0 aromatic heterocycles. The van der Waals surface area contributed by atoms with Gasteiger partial charge >= 0.3 is 5.97 Å². The molecule has 5 nitrogen and oxygen atoms in total. The summed E-state index contributed by atoms with van der Waals surface area (Å²) in [4.78, 5) is 24.0. The third-order valence-electron chi connectivity index (χ3n) is 2.11. The van der Waals surface area contributed by atoms with Crippen molar-refractivity contribution in [1.29, 1.82) is 0 Å². The first-order valence-electron chi connectivity index (χ1n) is 7.93. The van der Waals surface area contributed by atoms with Gasteiger partial charge in [0.15, 0.2) is 5.76 Å². The van der Waals surface area contributed by atoms with Crippen molar-refractivity contribution >= 4 is 36.9 Å². The smallest absolute Gasteiger partial charge is 0.358 e. The number of rotatable bonds is 8. The maximum atomic E-state index is 12.3. The Morgan fingerprint density at radius 2 is 1.17 bits per heavy atom. The van der Waals surface area contributed by atoms with E-state index in [0.29, 0.717) is 6.42 Å². The van der Waals surface area contributed by atoms with Crippen molar-refractivity contribution in [2.24, 2.45) is 0 Å². The lowest BCUT2D eigenvalue weighted by Crippen LogP contribution is -2.34. The first-order valence-corrected chi connectivity index (χ1v) is 18.2. The summed E-state index contributed by atoms with van der Waals surface area (Å²) in [6.45, 7) is 17.7. The molecule has 0 saturated carbocycles. The quantitative estimate of drug-likeness (QED) is 0.360. The van der Waals surface area contributed by atoms with Crippen LogP contribution in [0.15, 0.2) is 11.8 Å². The molecule has 0 aromatic carbocycles. The van der Waals surface area contributed by atoms with E-state index in [0.717, 1.165) is 0 Å². The molecule has 0 atom stereocenters. The Morgan fingerprint density at radius 1 is 0.739 bits per heavy atom. The highest BCUT2D eigenvalue weighted by Crippen LogP contribution is 2.16. The van der Waals surface area contributed by atoms with Crippen LogP contribution in [-0.2, 0) is 22.9 Å². The second-order valence-electron chi connectivity index (χ2n) is 8.41. The van der Waals surface area contributed by atoms with E-state index >= 15 is 0 Å². The Morgan fingerprint density at radius 3 is 1.57 bits per heavy atom. The zero-order valence-corrected chi connectivity index (χ0v) is 19.0. The van der Waals surface area contributed by atoms with Gasteiger partial charge in [-0.15, -0.1) is 0 Å². The Labute approximate surface area is 143 Å². The molecule has 0 bridgehead atoms. The lowest BCUT2D eigenvalue weighted by molar-refractivity contribution is -0.135. The van der Waals surface area contributed by atoms with Crippen molar-refractivity contribution in [2.75, 3.05) is 0 Å². The van der Waals surface area contributed by atoms with Gasteiger partial charge in [0.05, 0.1) is 0 Å². The molecule has 0 heterocycles. The van der Waals surface area contributed by atoms with Crippen molar-refractivity contribution in [1.82, 2.24) is 0 Å². The topological polar surface area (TPSA) is 61.8 Å². The third kappa shape index (κ3) is 13.3. The van der Waals surface area contributed by atoms with Gasteiger partial charge < -0.3 is 13.3 Å². The summed E-state index contributed by atoms with van der Waals surface area (Å²) in [5.41, 5.74) is 0. The van der Waals surface area contributed by atoms with Gasteiger partial charge in [0.25, 0.3) is 5.97 Å². The molecule has 0 unspecified atom stereocenters. The molecule has 0 fully saturated rings. The van der Waals surface area contributed by atoms with Gasteiger partial charge in [-0.1, -0.05) is 0 Å². The van der Waals surface area contributed by atoms with Crippen LogP contribution in [0.1, 0.15) is 12.8 Å². The SMILES string of the molecule is C[Si](C)(C)OC(=O)CC/C=C(\O[Si](C)(C)C)C(=O)O[Si](C)(C)C. The summed E-state index contributed by atoms with van der Waals surface area (Å²) in [5.74, 6) is -0.427. The van der Waals surface area contributed by atoms with E-state index in [9.17, 15) is 9.59 Å². The van der Waals surface area contributed by atoms with Crippen molar-refractivity contribution in [3.8, 4) is 0 Å². The molecular weight excluding hydrogens is 344 g/mol. The van der Waals surface area contributed by atoms with Gasteiger partial charge in [-0.2, -0.15) is 0 Å². The van der Waals surface area contributed by atoms with Gasteiger partial charge in [0.2, 0.25) is 25.0 Å². The van der Waals surface area contributed by atoms with E-state index in [1.165, 1.54) is 0 Å². The van der Waals surface area contributed by atoms with Gasteiger partial charge in [0, 0.05) is 6.42 Å². The molecule has 0 amide bonds. The standard InChI is InChI=1S/C15H32O5Si3/c1-21(2,3)18-13(15(17)20-23(7,8)9)11-10-12-14(16)19-22(4,5)6/h11H,10,12H2,1-9H3/b13-11-. The molecule has 0 saturated heterocycles. The summed E-state index contributed by atoms with van der Waals surface area (Å²) in [7, 11) is -5.80. The summed E-state index contributed by atoms with van der Waals surface area (Å²) in [5, 5.41) is 0. The van der Waals surface area contributed by atoms with Crippen LogP contribution in [0.2, 0.25) is 58.9 Å². The average Bonchev–Trinajstić information content (AvgIpc) is 2.20. The van der Waals surface area contributed by atoms with Crippen LogP contribution in [0.25, 0.3) is 0 Å². The number of carbonyl (C=O) groups excluding carboxylic acids is 2. The van der Waals surface area contributed by atoms with Gasteiger partial charge in [-0.3, -0.25) is 4.79 Å². The molecule has 0 rings (SSSR count). The second kappa shape index (κ2) is 8.29. The second-order valence-corrected chi connectivity index (χ2v) is 21.7. The summed E-state index contributed by atoms with van der Waals surface area (Å²) in [6, 6.07) is 0. The fourth-order valence-corrected chi connectivity index (χ4v) is 3.81. The lowest BCUT2D eigenvalue weighted by Gasteiger charge is -2.24. The number of carbonyl (C=O) groups is 2. The van der Waals surface area contributed by atoms with Crippen LogP contribution in [-0.4, -0.2) is 36.9 Å². The highest BCUT2D eigenvalue weighted by Gasteiger charge is 2.27. The molecule has 0 aliphatic carbocycles. The van der Waals surface area contributed by atoms with Crippen LogP contribution in [0.3, 0.4) is 0 Å². The Hall–Kier alpha value is -0.869. The first-order chi connectivity index (χ1) is 10.1. The van der Waals surface area contributed by atoms with E-state index in [-0.39, 0.29) is 18.1 Å². The molecule has 0 aliphatic rings. The van der Waals surface area contributed by atoms with E-state index < -0.39 is 30.9 Å². The monoisotopic (exact) mass is 376 g/mol. The maximum Gasteiger partial charge on any atom is 0.358 e.